The zero-order valence-electron chi connectivity index (χ0n) is 19.9. The highest BCUT2D eigenvalue weighted by atomic mass is 16.5. The molecule has 1 heterocycles. The summed E-state index contributed by atoms with van der Waals surface area (Å²) >= 11 is 0. The summed E-state index contributed by atoms with van der Waals surface area (Å²) in [5, 5.41) is 15.9. The number of piperidine rings is 1. The average Bonchev–Trinajstić information content (AvgIpc) is 2.66. The number of nitrogens with zero attached hydrogens (tertiary/aromatic N) is 1. The third-order valence-corrected chi connectivity index (χ3v) is 6.39. The van der Waals surface area contributed by atoms with Crippen LogP contribution in [0.3, 0.4) is 0 Å². The van der Waals surface area contributed by atoms with Gasteiger partial charge in [0, 0.05) is 17.1 Å². The van der Waals surface area contributed by atoms with Crippen LogP contribution in [-0.2, 0) is 0 Å². The summed E-state index contributed by atoms with van der Waals surface area (Å²) in [6, 6.07) is 0.498. The smallest absolute Gasteiger partial charge is 0.0476 e. The molecular weight excluding hydrogens is 320 g/mol. The maximum Gasteiger partial charge on any atom is 0.0476 e. The Hall–Kier alpha value is -0.120. The Bertz CT molecular complexity index is 319. The monoisotopic (exact) mass is 372 g/mol. The first-order chi connectivity index (χ1) is 12.2. The molecule has 1 aliphatic heterocycles. The van der Waals surface area contributed by atoms with Crippen molar-refractivity contribution in [3.05, 3.63) is 0 Å². The molecular formula is C23H52N2O. The molecule has 0 saturated carbocycles. The van der Waals surface area contributed by atoms with Crippen LogP contribution in [0.1, 0.15) is 121 Å². The number of nitrogens with one attached hydrogen (secondary N) is 1. The molecule has 0 aromatic carbocycles. The molecule has 26 heavy (non-hydrogen) atoms. The third kappa shape index (κ3) is 8.27. The van der Waals surface area contributed by atoms with Crippen LogP contribution in [0.5, 0.6) is 0 Å². The van der Waals surface area contributed by atoms with Crippen molar-refractivity contribution in [3.8, 4) is 0 Å². The Balaban J connectivity index is 0. The van der Waals surface area contributed by atoms with Gasteiger partial charge < -0.3 is 10.5 Å². The molecule has 1 aliphatic rings. The van der Waals surface area contributed by atoms with E-state index in [1.165, 1.54) is 32.1 Å². The molecule has 1 saturated heterocycles. The number of unbranched alkanes of at least 4 members (excludes halogenated alkanes) is 3. The number of hydroxylamine groups is 2. The summed E-state index contributed by atoms with van der Waals surface area (Å²) in [4.78, 5) is 0. The largest absolute Gasteiger partial charge is 0.314 e. The summed E-state index contributed by atoms with van der Waals surface area (Å²) in [6.07, 6.45) is 9.69. The lowest BCUT2D eigenvalue weighted by Crippen LogP contribution is -2.68. The Morgan fingerprint density at radius 1 is 0.885 bits per heavy atom. The van der Waals surface area contributed by atoms with Crippen LogP contribution in [0.25, 0.3) is 0 Å². The van der Waals surface area contributed by atoms with Crippen molar-refractivity contribution in [1.82, 2.24) is 10.4 Å². The fraction of sp³-hybridized carbons (Fsp3) is 1.00. The molecule has 0 radical (unpaired) electrons. The van der Waals surface area contributed by atoms with E-state index in [0.717, 1.165) is 25.8 Å². The van der Waals surface area contributed by atoms with E-state index in [-0.39, 0.29) is 11.1 Å². The highest BCUT2D eigenvalue weighted by molar-refractivity contribution is 5.05. The van der Waals surface area contributed by atoms with Gasteiger partial charge in [0.05, 0.1) is 0 Å². The molecule has 0 aromatic heterocycles. The molecule has 4 unspecified atom stereocenters. The zero-order valence-corrected chi connectivity index (χ0v) is 19.9. The van der Waals surface area contributed by atoms with Crippen LogP contribution < -0.4 is 5.32 Å². The lowest BCUT2D eigenvalue weighted by Gasteiger charge is -2.57. The van der Waals surface area contributed by atoms with E-state index in [1.54, 1.807) is 5.06 Å². The molecule has 0 amide bonds. The van der Waals surface area contributed by atoms with Crippen molar-refractivity contribution >= 4 is 0 Å². The van der Waals surface area contributed by atoms with Crippen LogP contribution >= 0.6 is 0 Å². The first kappa shape index (κ1) is 28.1. The van der Waals surface area contributed by atoms with E-state index in [0.29, 0.717) is 12.0 Å². The zero-order chi connectivity index (χ0) is 20.8. The molecule has 3 heteroatoms. The standard InChI is InChI=1S/C14H30N2O.C5H12.C4H10/c1-7-13(5)10-12(15-9-3)11(4)14(6,8-2)16(13)17;1-3-5-4-2;1-3-4-2/h11-12,15,17H,7-10H2,1-6H3;3-5H2,1-2H3;3-4H2,1-2H3. The van der Waals surface area contributed by atoms with E-state index >= 15 is 0 Å². The average molecular weight is 373 g/mol. The van der Waals surface area contributed by atoms with Gasteiger partial charge >= 0.3 is 0 Å². The van der Waals surface area contributed by atoms with Gasteiger partial charge in [0.2, 0.25) is 0 Å². The maximum absolute atomic E-state index is 10.6. The van der Waals surface area contributed by atoms with Crippen molar-refractivity contribution in [2.45, 2.75) is 138 Å². The number of hydrogen-bond acceptors (Lipinski definition) is 3. The van der Waals surface area contributed by atoms with E-state index in [1.807, 2.05) is 0 Å². The van der Waals surface area contributed by atoms with Crippen LogP contribution in [0.4, 0.5) is 0 Å². The highest BCUT2D eigenvalue weighted by Crippen LogP contribution is 2.44. The maximum atomic E-state index is 10.6. The predicted molar refractivity (Wildman–Crippen MR) is 118 cm³/mol. The van der Waals surface area contributed by atoms with E-state index in [4.69, 9.17) is 0 Å². The Morgan fingerprint density at radius 3 is 1.65 bits per heavy atom. The fourth-order valence-electron chi connectivity index (χ4n) is 3.61. The number of hydrogen-bond donors (Lipinski definition) is 2. The second-order valence-corrected chi connectivity index (χ2v) is 8.38. The molecule has 0 bridgehead atoms. The Morgan fingerprint density at radius 2 is 1.38 bits per heavy atom. The van der Waals surface area contributed by atoms with Gasteiger partial charge in [0.25, 0.3) is 0 Å². The minimum Gasteiger partial charge on any atom is -0.314 e. The molecule has 2 N–H and O–H groups in total. The highest BCUT2D eigenvalue weighted by Gasteiger charge is 2.52. The molecule has 4 atom stereocenters. The van der Waals surface area contributed by atoms with Gasteiger partial charge in [-0.15, -0.1) is 0 Å². The van der Waals surface area contributed by atoms with E-state index < -0.39 is 0 Å². The second-order valence-electron chi connectivity index (χ2n) is 8.38. The van der Waals surface area contributed by atoms with Crippen molar-refractivity contribution in [2.75, 3.05) is 6.54 Å². The van der Waals surface area contributed by atoms with Gasteiger partial charge in [-0.05, 0) is 45.6 Å². The molecule has 3 nitrogen and oxygen atoms in total. The summed E-state index contributed by atoms with van der Waals surface area (Å²) < 4.78 is 0. The molecule has 1 fully saturated rings. The van der Waals surface area contributed by atoms with Crippen LogP contribution in [0, 0.1) is 5.92 Å². The molecule has 0 aliphatic carbocycles. The van der Waals surface area contributed by atoms with Gasteiger partial charge in [-0.2, -0.15) is 5.06 Å². The van der Waals surface area contributed by atoms with Gasteiger partial charge in [-0.25, -0.2) is 0 Å². The van der Waals surface area contributed by atoms with E-state index in [2.05, 4.69) is 74.6 Å². The summed E-state index contributed by atoms with van der Waals surface area (Å²) in [5.74, 6) is 0.456. The van der Waals surface area contributed by atoms with Crippen LogP contribution in [-0.4, -0.2) is 33.9 Å². The topological polar surface area (TPSA) is 35.5 Å². The van der Waals surface area contributed by atoms with Gasteiger partial charge in [-0.1, -0.05) is 87.5 Å². The van der Waals surface area contributed by atoms with Crippen molar-refractivity contribution in [2.24, 2.45) is 5.92 Å². The minimum absolute atomic E-state index is 0.107. The molecule has 0 aromatic rings. The molecule has 0 spiro atoms. The van der Waals surface area contributed by atoms with Crippen LogP contribution in [0.2, 0.25) is 0 Å². The van der Waals surface area contributed by atoms with Gasteiger partial charge in [0.15, 0.2) is 0 Å². The van der Waals surface area contributed by atoms with Gasteiger partial charge in [0.1, 0.15) is 0 Å². The normalized spacial score (nSPS) is 31.5. The predicted octanol–water partition coefficient (Wildman–Crippen LogP) is 7.04. The first-order valence-corrected chi connectivity index (χ1v) is 11.4. The van der Waals surface area contributed by atoms with Crippen molar-refractivity contribution < 1.29 is 5.21 Å². The third-order valence-electron chi connectivity index (χ3n) is 6.39. The summed E-state index contributed by atoms with van der Waals surface area (Å²) in [6.45, 7) is 22.9. The van der Waals surface area contributed by atoms with Crippen LogP contribution in [0.15, 0.2) is 0 Å². The van der Waals surface area contributed by atoms with Crippen molar-refractivity contribution in [3.63, 3.8) is 0 Å². The number of rotatable bonds is 7. The van der Waals surface area contributed by atoms with Gasteiger partial charge in [-0.3, -0.25) is 0 Å². The molecule has 1 rings (SSSR count). The quantitative estimate of drug-likeness (QED) is 0.503. The summed E-state index contributed by atoms with van der Waals surface area (Å²) in [5.41, 5.74) is -0.236. The Labute approximate surface area is 166 Å². The Kier molecular flexibility index (Phi) is 16.1. The second kappa shape index (κ2) is 14.9. The van der Waals surface area contributed by atoms with Crippen molar-refractivity contribution in [1.29, 1.82) is 0 Å². The lowest BCUT2D eigenvalue weighted by atomic mass is 9.68. The fourth-order valence-corrected chi connectivity index (χ4v) is 3.61. The lowest BCUT2D eigenvalue weighted by molar-refractivity contribution is -0.274. The van der Waals surface area contributed by atoms with E-state index in [9.17, 15) is 5.21 Å². The minimum atomic E-state index is -0.129. The summed E-state index contributed by atoms with van der Waals surface area (Å²) in [7, 11) is 0. The first-order valence-electron chi connectivity index (χ1n) is 11.4. The SMILES string of the molecule is CCCC.CCCCC.CCNC1CC(C)(CC)N(O)C(C)(CC)C1C. The molecule has 160 valence electrons.